The second kappa shape index (κ2) is 9.72. The van der Waals surface area contributed by atoms with Crippen molar-refractivity contribution < 1.29 is 14.7 Å². The van der Waals surface area contributed by atoms with E-state index in [1.165, 1.54) is 22.9 Å². The quantitative estimate of drug-likeness (QED) is 0.400. The Kier molecular flexibility index (Phi) is 6.56. The molecule has 0 saturated carbocycles. The van der Waals surface area contributed by atoms with E-state index < -0.39 is 17.4 Å². The molecule has 0 saturated heterocycles. The number of aromatic carboxylic acids is 1. The van der Waals surface area contributed by atoms with E-state index in [0.29, 0.717) is 16.8 Å². The molecule has 0 radical (unpaired) electrons. The van der Waals surface area contributed by atoms with Crippen molar-refractivity contribution in [2.24, 2.45) is 0 Å². The van der Waals surface area contributed by atoms with E-state index >= 15 is 0 Å². The molecule has 7 nitrogen and oxygen atoms in total. The number of halogens is 1. The molecule has 0 fully saturated rings. The largest absolute Gasteiger partial charge is 0.478 e. The lowest BCUT2D eigenvalue weighted by Gasteiger charge is -2.17. The summed E-state index contributed by atoms with van der Waals surface area (Å²) in [5, 5.41) is 16.6. The molecule has 0 unspecified atom stereocenters. The van der Waals surface area contributed by atoms with Crippen LogP contribution in [0.5, 0.6) is 0 Å². The van der Waals surface area contributed by atoms with Crippen LogP contribution in [-0.4, -0.2) is 26.8 Å². The maximum Gasteiger partial charge on any atom is 0.337 e. The van der Waals surface area contributed by atoms with Crippen LogP contribution >= 0.6 is 11.6 Å². The lowest BCUT2D eigenvalue weighted by Crippen LogP contribution is -2.32. The van der Waals surface area contributed by atoms with Crippen molar-refractivity contribution in [3.05, 3.63) is 105 Å². The Bertz CT molecular complexity index is 1430. The summed E-state index contributed by atoms with van der Waals surface area (Å²) in [6.45, 7) is 2.03. The minimum absolute atomic E-state index is 0.0408. The zero-order chi connectivity index (χ0) is 24.2. The highest BCUT2D eigenvalue weighted by molar-refractivity contribution is 6.33. The monoisotopic (exact) mass is 473 g/mol. The number of carbonyl (C=O) groups excluding carboxylic acids is 1. The smallest absolute Gasteiger partial charge is 0.337 e. The average Bonchev–Trinajstić information content (AvgIpc) is 2.85. The van der Waals surface area contributed by atoms with Gasteiger partial charge < -0.3 is 10.4 Å². The highest BCUT2D eigenvalue weighted by Gasteiger charge is 2.25. The summed E-state index contributed by atoms with van der Waals surface area (Å²) < 4.78 is 1.24. The first kappa shape index (κ1) is 22.9. The molecule has 3 aromatic carbocycles. The summed E-state index contributed by atoms with van der Waals surface area (Å²) >= 11 is 5.95. The Morgan fingerprint density at radius 2 is 1.59 bits per heavy atom. The van der Waals surface area contributed by atoms with Crippen LogP contribution in [0.4, 0.5) is 5.69 Å². The number of amides is 1. The third-order valence-electron chi connectivity index (χ3n) is 5.25. The SMILES string of the molecule is CCn1nc(-c2ccccc2)c(-c2ccccc2)c(C(=O)Nc2ccc(Cl)c(C(=O)O)c2)c1=O. The Morgan fingerprint density at radius 3 is 2.18 bits per heavy atom. The maximum atomic E-state index is 13.5. The fourth-order valence-corrected chi connectivity index (χ4v) is 3.84. The Hall–Kier alpha value is -4.23. The Labute approximate surface area is 200 Å². The van der Waals surface area contributed by atoms with Gasteiger partial charge in [-0.3, -0.25) is 9.59 Å². The van der Waals surface area contributed by atoms with Gasteiger partial charge in [0.1, 0.15) is 5.56 Å². The van der Waals surface area contributed by atoms with Gasteiger partial charge in [0, 0.05) is 23.4 Å². The van der Waals surface area contributed by atoms with Crippen LogP contribution in [0, 0.1) is 0 Å². The number of hydrogen-bond acceptors (Lipinski definition) is 4. The molecule has 34 heavy (non-hydrogen) atoms. The van der Waals surface area contributed by atoms with E-state index in [2.05, 4.69) is 10.4 Å². The number of hydrogen-bond donors (Lipinski definition) is 2. The third kappa shape index (κ3) is 4.46. The fourth-order valence-electron chi connectivity index (χ4n) is 3.64. The second-order valence-electron chi connectivity index (χ2n) is 7.41. The van der Waals surface area contributed by atoms with Crippen molar-refractivity contribution in [3.8, 4) is 22.4 Å². The number of carboxylic acids is 1. The molecule has 0 aliphatic heterocycles. The number of carbonyl (C=O) groups is 2. The molecule has 2 N–H and O–H groups in total. The molecule has 0 bridgehead atoms. The van der Waals surface area contributed by atoms with Crippen molar-refractivity contribution in [2.75, 3.05) is 5.32 Å². The molecular weight excluding hydrogens is 454 g/mol. The van der Waals surface area contributed by atoms with Crippen molar-refractivity contribution >= 4 is 29.2 Å². The second-order valence-corrected chi connectivity index (χ2v) is 7.81. The van der Waals surface area contributed by atoms with Crippen LogP contribution in [0.1, 0.15) is 27.6 Å². The number of aromatic nitrogens is 2. The molecule has 1 aromatic heterocycles. The van der Waals surface area contributed by atoms with Crippen LogP contribution in [0.15, 0.2) is 83.7 Å². The third-order valence-corrected chi connectivity index (χ3v) is 5.58. The summed E-state index contributed by atoms with van der Waals surface area (Å²) in [5.41, 5.74) is 1.69. The van der Waals surface area contributed by atoms with Crippen molar-refractivity contribution in [1.82, 2.24) is 9.78 Å². The van der Waals surface area contributed by atoms with Gasteiger partial charge in [0.25, 0.3) is 11.5 Å². The fraction of sp³-hybridized carbons (Fsp3) is 0.0769. The lowest BCUT2D eigenvalue weighted by molar-refractivity contribution is 0.0696. The molecular formula is C26H20ClN3O4. The van der Waals surface area contributed by atoms with Gasteiger partial charge in [-0.2, -0.15) is 5.10 Å². The summed E-state index contributed by atoms with van der Waals surface area (Å²) in [6.07, 6.45) is 0. The normalized spacial score (nSPS) is 10.6. The molecule has 170 valence electrons. The number of anilines is 1. The number of aryl methyl sites for hydroxylation is 1. The van der Waals surface area contributed by atoms with Crippen LogP contribution in [0.25, 0.3) is 22.4 Å². The summed E-state index contributed by atoms with van der Waals surface area (Å²) in [6, 6.07) is 22.5. The van der Waals surface area contributed by atoms with Crippen LogP contribution in [-0.2, 0) is 6.54 Å². The number of rotatable bonds is 6. The highest BCUT2D eigenvalue weighted by Crippen LogP contribution is 2.32. The van der Waals surface area contributed by atoms with Gasteiger partial charge in [0.2, 0.25) is 0 Å². The van der Waals surface area contributed by atoms with Crippen LogP contribution < -0.4 is 10.9 Å². The minimum Gasteiger partial charge on any atom is -0.478 e. The molecule has 0 aliphatic carbocycles. The summed E-state index contributed by atoms with van der Waals surface area (Å²) in [5.74, 6) is -1.90. The molecule has 0 aliphatic rings. The van der Waals surface area contributed by atoms with Gasteiger partial charge in [-0.15, -0.1) is 0 Å². The summed E-state index contributed by atoms with van der Waals surface area (Å²) in [4.78, 5) is 38.3. The predicted octanol–water partition coefficient (Wildman–Crippen LogP) is 5.20. The van der Waals surface area contributed by atoms with Crippen LogP contribution in [0.3, 0.4) is 0 Å². The lowest BCUT2D eigenvalue weighted by atomic mass is 9.95. The van der Waals surface area contributed by atoms with Crippen molar-refractivity contribution in [1.29, 1.82) is 0 Å². The number of benzene rings is 3. The van der Waals surface area contributed by atoms with Crippen LogP contribution in [0.2, 0.25) is 5.02 Å². The van der Waals surface area contributed by atoms with Gasteiger partial charge in [-0.25, -0.2) is 9.48 Å². The molecule has 0 spiro atoms. The van der Waals surface area contributed by atoms with Gasteiger partial charge >= 0.3 is 5.97 Å². The van der Waals surface area contributed by atoms with Gasteiger partial charge in [0.05, 0.1) is 16.3 Å². The number of nitrogens with one attached hydrogen (secondary N) is 1. The van der Waals surface area contributed by atoms with Gasteiger partial charge in [-0.1, -0.05) is 72.3 Å². The van der Waals surface area contributed by atoms with E-state index in [-0.39, 0.29) is 28.4 Å². The van der Waals surface area contributed by atoms with E-state index in [4.69, 9.17) is 11.6 Å². The first-order chi connectivity index (χ1) is 16.4. The topological polar surface area (TPSA) is 101 Å². The number of carboxylic acid groups (broad SMARTS) is 1. The molecule has 0 atom stereocenters. The minimum atomic E-state index is -1.23. The Balaban J connectivity index is 1.94. The van der Waals surface area contributed by atoms with Gasteiger partial charge in [-0.05, 0) is 30.7 Å². The summed E-state index contributed by atoms with van der Waals surface area (Å²) in [7, 11) is 0. The van der Waals surface area contributed by atoms with E-state index in [1.54, 1.807) is 19.1 Å². The highest BCUT2D eigenvalue weighted by atomic mass is 35.5. The first-order valence-electron chi connectivity index (χ1n) is 10.5. The zero-order valence-electron chi connectivity index (χ0n) is 18.2. The molecule has 1 amide bonds. The average molecular weight is 474 g/mol. The zero-order valence-corrected chi connectivity index (χ0v) is 18.9. The standard InChI is InChI=1S/C26H20ClN3O4/c1-2-30-25(32)22(24(31)28-18-13-14-20(27)19(15-18)26(33)34)21(16-9-5-3-6-10-16)23(29-30)17-11-7-4-8-12-17/h3-15H,2H2,1H3,(H,28,31)(H,33,34). The van der Waals surface area contributed by atoms with Crippen molar-refractivity contribution in [3.63, 3.8) is 0 Å². The van der Waals surface area contributed by atoms with E-state index in [9.17, 15) is 19.5 Å². The Morgan fingerprint density at radius 1 is 0.971 bits per heavy atom. The number of nitrogens with zero attached hydrogens (tertiary/aromatic N) is 2. The molecule has 1 heterocycles. The predicted molar refractivity (Wildman–Crippen MR) is 131 cm³/mol. The van der Waals surface area contributed by atoms with Crippen molar-refractivity contribution in [2.45, 2.75) is 13.5 Å². The molecule has 8 heteroatoms. The molecule has 4 aromatic rings. The van der Waals surface area contributed by atoms with Gasteiger partial charge in [0.15, 0.2) is 0 Å². The van der Waals surface area contributed by atoms with E-state index in [0.717, 1.165) is 5.56 Å². The maximum absolute atomic E-state index is 13.5. The first-order valence-corrected chi connectivity index (χ1v) is 10.9. The molecule has 4 rings (SSSR count). The van der Waals surface area contributed by atoms with E-state index in [1.807, 2.05) is 48.5 Å².